The number of ether oxygens (including phenoxy) is 1. The molecule has 1 aliphatic heterocycles. The Morgan fingerprint density at radius 2 is 2.07 bits per heavy atom. The Labute approximate surface area is 177 Å². The van der Waals surface area contributed by atoms with E-state index in [1.165, 1.54) is 16.8 Å². The van der Waals surface area contributed by atoms with Gasteiger partial charge in [0, 0.05) is 22.8 Å². The normalized spacial score (nSPS) is 15.1. The molecule has 152 valence electrons. The van der Waals surface area contributed by atoms with Crippen LogP contribution in [0.1, 0.15) is 38.8 Å². The number of hydrogen-bond donors (Lipinski definition) is 1. The molecule has 1 heterocycles. The lowest BCUT2D eigenvalue weighted by Gasteiger charge is -2.42. The van der Waals surface area contributed by atoms with Crippen molar-refractivity contribution in [3.63, 3.8) is 0 Å². The van der Waals surface area contributed by atoms with Crippen LogP contribution in [0.25, 0.3) is 5.57 Å². The molecule has 1 aliphatic rings. The molecule has 0 fully saturated rings. The van der Waals surface area contributed by atoms with Gasteiger partial charge in [0.2, 0.25) is 0 Å². The van der Waals surface area contributed by atoms with Crippen molar-refractivity contribution in [2.45, 2.75) is 33.2 Å². The highest BCUT2D eigenvalue weighted by molar-refractivity contribution is 6.30. The fourth-order valence-corrected chi connectivity index (χ4v) is 3.86. The average molecular weight is 412 g/mol. The maximum atomic E-state index is 11.9. The summed E-state index contributed by atoms with van der Waals surface area (Å²) < 4.78 is 5.40. The molecule has 0 saturated heterocycles. The number of carbonyl (C=O) groups excluding carboxylic acids is 1. The third-order valence-corrected chi connectivity index (χ3v) is 5.12. The lowest BCUT2D eigenvalue weighted by atomic mass is 9.88. The zero-order valence-electron chi connectivity index (χ0n) is 17.2. The molecule has 29 heavy (non-hydrogen) atoms. The molecule has 0 radical (unpaired) electrons. The van der Waals surface area contributed by atoms with Gasteiger partial charge in [-0.1, -0.05) is 29.8 Å². The Balaban J connectivity index is 1.63. The molecule has 0 saturated carbocycles. The SMILES string of the molecule is CCN1c2ccc(/C=N/NC(=O)COc3cccc(Cl)c3)cc2C(C)=CC1(C)C. The van der Waals surface area contributed by atoms with E-state index in [4.69, 9.17) is 16.3 Å². The second-order valence-electron chi connectivity index (χ2n) is 7.54. The van der Waals surface area contributed by atoms with Crippen molar-refractivity contribution in [2.24, 2.45) is 5.10 Å². The van der Waals surface area contributed by atoms with Crippen molar-refractivity contribution in [2.75, 3.05) is 18.1 Å². The summed E-state index contributed by atoms with van der Waals surface area (Å²) in [4.78, 5) is 14.3. The van der Waals surface area contributed by atoms with Crippen LogP contribution in [0.4, 0.5) is 5.69 Å². The van der Waals surface area contributed by atoms with Crippen molar-refractivity contribution in [1.82, 2.24) is 5.43 Å². The van der Waals surface area contributed by atoms with Gasteiger partial charge in [-0.25, -0.2) is 5.43 Å². The largest absolute Gasteiger partial charge is 0.484 e. The monoisotopic (exact) mass is 411 g/mol. The number of likely N-dealkylation sites (N-methyl/N-ethyl adjacent to an activating group) is 1. The third kappa shape index (κ3) is 4.98. The zero-order valence-corrected chi connectivity index (χ0v) is 18.0. The van der Waals surface area contributed by atoms with Crippen LogP contribution >= 0.6 is 11.6 Å². The summed E-state index contributed by atoms with van der Waals surface area (Å²) >= 11 is 5.90. The second-order valence-corrected chi connectivity index (χ2v) is 7.98. The van der Waals surface area contributed by atoms with Gasteiger partial charge in [0.1, 0.15) is 5.75 Å². The van der Waals surface area contributed by atoms with Crippen molar-refractivity contribution in [3.8, 4) is 5.75 Å². The van der Waals surface area contributed by atoms with E-state index in [1.807, 2.05) is 6.07 Å². The molecule has 0 atom stereocenters. The maximum Gasteiger partial charge on any atom is 0.277 e. The molecule has 0 bridgehead atoms. The van der Waals surface area contributed by atoms with Gasteiger partial charge in [0.25, 0.3) is 5.91 Å². The summed E-state index contributed by atoms with van der Waals surface area (Å²) in [5, 5.41) is 4.61. The quantitative estimate of drug-likeness (QED) is 0.543. The van der Waals surface area contributed by atoms with Crippen LogP contribution < -0.4 is 15.1 Å². The molecular formula is C23H26ClN3O2. The predicted octanol–water partition coefficient (Wildman–Crippen LogP) is 4.89. The Hall–Kier alpha value is -2.79. The fraction of sp³-hybridized carbons (Fsp3) is 0.304. The Morgan fingerprint density at radius 1 is 1.28 bits per heavy atom. The molecule has 0 aromatic heterocycles. The predicted molar refractivity (Wildman–Crippen MR) is 120 cm³/mol. The van der Waals surface area contributed by atoms with Gasteiger partial charge in [-0.15, -0.1) is 0 Å². The number of fused-ring (bicyclic) bond motifs is 1. The van der Waals surface area contributed by atoms with E-state index in [9.17, 15) is 4.79 Å². The molecule has 6 heteroatoms. The van der Waals surface area contributed by atoms with E-state index in [0.717, 1.165) is 12.1 Å². The van der Waals surface area contributed by atoms with Crippen molar-refractivity contribution < 1.29 is 9.53 Å². The molecule has 3 rings (SSSR count). The van der Waals surface area contributed by atoms with Gasteiger partial charge in [-0.05, 0) is 69.2 Å². The van der Waals surface area contributed by atoms with E-state index in [1.54, 1.807) is 30.5 Å². The van der Waals surface area contributed by atoms with E-state index >= 15 is 0 Å². The summed E-state index contributed by atoms with van der Waals surface area (Å²) in [5.74, 6) is 0.200. The van der Waals surface area contributed by atoms with Crippen LogP contribution in [0.5, 0.6) is 5.75 Å². The van der Waals surface area contributed by atoms with Gasteiger partial charge in [0.05, 0.1) is 11.8 Å². The van der Waals surface area contributed by atoms with Crippen LogP contribution in [-0.2, 0) is 4.79 Å². The van der Waals surface area contributed by atoms with E-state index in [0.29, 0.717) is 10.8 Å². The maximum absolute atomic E-state index is 11.9. The van der Waals surface area contributed by atoms with Crippen molar-refractivity contribution >= 4 is 35.0 Å². The molecule has 0 aliphatic carbocycles. The lowest BCUT2D eigenvalue weighted by molar-refractivity contribution is -0.123. The number of hydrazone groups is 1. The second kappa shape index (κ2) is 8.70. The zero-order chi connectivity index (χ0) is 21.0. The number of anilines is 1. The summed E-state index contributed by atoms with van der Waals surface area (Å²) in [6, 6.07) is 13.1. The Kier molecular flexibility index (Phi) is 6.28. The van der Waals surface area contributed by atoms with Crippen LogP contribution in [0.3, 0.4) is 0 Å². The first-order chi connectivity index (χ1) is 13.8. The molecule has 2 aromatic carbocycles. The smallest absolute Gasteiger partial charge is 0.277 e. The number of nitrogens with zero attached hydrogens (tertiary/aromatic N) is 2. The van der Waals surface area contributed by atoms with Gasteiger partial charge in [-0.2, -0.15) is 5.10 Å². The molecular weight excluding hydrogens is 386 g/mol. The van der Waals surface area contributed by atoms with Crippen LogP contribution in [-0.4, -0.2) is 30.8 Å². The van der Waals surface area contributed by atoms with E-state index in [2.05, 4.69) is 61.3 Å². The first-order valence-corrected chi connectivity index (χ1v) is 10.00. The number of carbonyl (C=O) groups is 1. The summed E-state index contributed by atoms with van der Waals surface area (Å²) in [6.07, 6.45) is 3.93. The summed E-state index contributed by atoms with van der Waals surface area (Å²) in [6.45, 7) is 9.53. The highest BCUT2D eigenvalue weighted by Crippen LogP contribution is 2.38. The highest BCUT2D eigenvalue weighted by atomic mass is 35.5. The van der Waals surface area contributed by atoms with Crippen LogP contribution in [0, 0.1) is 0 Å². The Bertz CT molecular complexity index is 966. The van der Waals surface area contributed by atoms with Gasteiger partial charge in [0.15, 0.2) is 6.61 Å². The topological polar surface area (TPSA) is 53.9 Å². The van der Waals surface area contributed by atoms with Gasteiger partial charge < -0.3 is 9.64 Å². The Morgan fingerprint density at radius 3 is 2.79 bits per heavy atom. The molecule has 1 N–H and O–H groups in total. The molecule has 0 unspecified atom stereocenters. The number of halogens is 1. The first kappa shape index (κ1) is 20.9. The lowest BCUT2D eigenvalue weighted by Crippen LogP contribution is -2.44. The summed E-state index contributed by atoms with van der Waals surface area (Å²) in [5.41, 5.74) is 7.03. The standard InChI is InChI=1S/C23H26ClN3O2/c1-5-27-21-10-9-17(11-20(21)16(2)13-23(27,3)4)14-25-26-22(28)15-29-19-8-6-7-18(24)12-19/h6-14H,5,15H2,1-4H3,(H,26,28)/b25-14+. The van der Waals surface area contributed by atoms with E-state index in [-0.39, 0.29) is 18.1 Å². The molecule has 2 aromatic rings. The number of benzene rings is 2. The molecule has 5 nitrogen and oxygen atoms in total. The third-order valence-electron chi connectivity index (χ3n) is 4.89. The molecule has 1 amide bonds. The fourth-order valence-electron chi connectivity index (χ4n) is 3.68. The summed E-state index contributed by atoms with van der Waals surface area (Å²) in [7, 11) is 0. The first-order valence-electron chi connectivity index (χ1n) is 9.62. The van der Waals surface area contributed by atoms with Gasteiger partial charge in [-0.3, -0.25) is 4.79 Å². The minimum absolute atomic E-state index is 0.0155. The van der Waals surface area contributed by atoms with Crippen LogP contribution in [0.2, 0.25) is 5.02 Å². The highest BCUT2D eigenvalue weighted by Gasteiger charge is 2.29. The minimum atomic E-state index is -0.339. The average Bonchev–Trinajstić information content (AvgIpc) is 2.66. The minimum Gasteiger partial charge on any atom is -0.484 e. The van der Waals surface area contributed by atoms with Crippen LogP contribution in [0.15, 0.2) is 53.6 Å². The van der Waals surface area contributed by atoms with Crippen molar-refractivity contribution in [3.05, 3.63) is 64.7 Å². The number of rotatable bonds is 6. The number of allylic oxidation sites excluding steroid dienone is 1. The number of amides is 1. The number of nitrogens with one attached hydrogen (secondary N) is 1. The van der Waals surface area contributed by atoms with Gasteiger partial charge >= 0.3 is 0 Å². The number of hydrogen-bond acceptors (Lipinski definition) is 4. The molecule has 0 spiro atoms. The van der Waals surface area contributed by atoms with Crippen molar-refractivity contribution in [1.29, 1.82) is 0 Å². The van der Waals surface area contributed by atoms with E-state index < -0.39 is 0 Å².